The predicted molar refractivity (Wildman–Crippen MR) is 110 cm³/mol. The number of H-pyrrole nitrogens is 2. The van der Waals surface area contributed by atoms with Crippen molar-refractivity contribution < 1.29 is 8.42 Å². The zero-order valence-corrected chi connectivity index (χ0v) is 15.4. The van der Waals surface area contributed by atoms with Gasteiger partial charge in [0.1, 0.15) is 4.90 Å². The molecule has 0 saturated carbocycles. The first-order valence-corrected chi connectivity index (χ1v) is 10.1. The average Bonchev–Trinajstić information content (AvgIpc) is 3.38. The van der Waals surface area contributed by atoms with Gasteiger partial charge in [0.2, 0.25) is 10.0 Å². The van der Waals surface area contributed by atoms with Crippen molar-refractivity contribution in [2.24, 2.45) is 5.14 Å². The van der Waals surface area contributed by atoms with E-state index in [0.717, 1.165) is 22.4 Å². The molecule has 5 rings (SSSR count). The van der Waals surface area contributed by atoms with Crippen molar-refractivity contribution in [2.75, 3.05) is 0 Å². The summed E-state index contributed by atoms with van der Waals surface area (Å²) in [6, 6.07) is 13.0. The zero-order chi connectivity index (χ0) is 19.3. The van der Waals surface area contributed by atoms with Gasteiger partial charge in [0.05, 0.1) is 28.3 Å². The predicted octanol–water partition coefficient (Wildman–Crippen LogP) is 3.30. The number of rotatable bonds is 1. The first-order valence-electron chi connectivity index (χ1n) is 8.54. The lowest BCUT2D eigenvalue weighted by atomic mass is 10.3. The minimum Gasteiger partial charge on any atom is -0.355 e. The van der Waals surface area contributed by atoms with Crippen molar-refractivity contribution in [1.82, 2.24) is 19.9 Å². The van der Waals surface area contributed by atoms with Gasteiger partial charge in [-0.25, -0.2) is 23.5 Å². The van der Waals surface area contributed by atoms with Gasteiger partial charge in [-0.05, 0) is 66.8 Å². The average molecular weight is 389 g/mol. The number of nitrogens with zero attached hydrogens (tertiary/aromatic N) is 2. The normalized spacial score (nSPS) is 13.2. The highest BCUT2D eigenvalue weighted by Gasteiger charge is 2.18. The number of hydrogen-bond acceptors (Lipinski definition) is 4. The maximum atomic E-state index is 12.3. The molecule has 0 atom stereocenters. The minimum atomic E-state index is -4.00. The molecule has 0 spiro atoms. The fraction of sp³-hybridized carbons (Fsp3) is 0. The van der Waals surface area contributed by atoms with Crippen molar-refractivity contribution in [3.8, 4) is 0 Å². The van der Waals surface area contributed by atoms with Gasteiger partial charge in [-0.2, -0.15) is 0 Å². The summed E-state index contributed by atoms with van der Waals surface area (Å²) in [5, 5.41) is 5.49. The minimum absolute atomic E-state index is 0.0458. The number of nitrogens with one attached hydrogen (secondary N) is 2. The number of hydrogen-bond donors (Lipinski definition) is 3. The number of aromatic amines is 2. The zero-order valence-electron chi connectivity index (χ0n) is 14.5. The van der Waals surface area contributed by atoms with Gasteiger partial charge >= 0.3 is 0 Å². The molecule has 3 aromatic rings. The molecule has 3 aromatic heterocycles. The smallest absolute Gasteiger partial charge is 0.242 e. The van der Waals surface area contributed by atoms with E-state index in [0.29, 0.717) is 22.4 Å². The van der Waals surface area contributed by atoms with Crippen LogP contribution in [-0.2, 0) is 10.0 Å². The fourth-order valence-corrected chi connectivity index (χ4v) is 4.11. The second-order valence-electron chi connectivity index (χ2n) is 6.55. The number of nitrogens with two attached hydrogens (primary N) is 1. The standard InChI is InChI=1S/C20H15N5O2S/c21-28(26,27)20-18-7-5-16(24-18)10-14-3-1-12(22-14)9-13-2-4-15(23-13)11-17-6-8-19(20)25-17/h1-11,22,25H,(H2,21,26,27). The lowest BCUT2D eigenvalue weighted by Crippen LogP contribution is -2.14. The SMILES string of the molecule is NS(=O)(=O)c1c2nc(cc3ccc(cc4nc(cc5ccc1[nH]5)C=C4)[nH]3)C=C2. The second kappa shape index (κ2) is 6.01. The maximum absolute atomic E-state index is 12.3. The molecule has 5 heterocycles. The van der Waals surface area contributed by atoms with E-state index in [9.17, 15) is 8.42 Å². The van der Waals surface area contributed by atoms with Crippen molar-refractivity contribution in [1.29, 1.82) is 0 Å². The highest BCUT2D eigenvalue weighted by molar-refractivity contribution is 7.89. The molecule has 8 heteroatoms. The van der Waals surface area contributed by atoms with Crippen molar-refractivity contribution >= 4 is 56.4 Å². The van der Waals surface area contributed by atoms with Crippen molar-refractivity contribution in [2.45, 2.75) is 4.90 Å². The van der Waals surface area contributed by atoms with Crippen LogP contribution in [0, 0.1) is 0 Å². The molecule has 0 amide bonds. The van der Waals surface area contributed by atoms with Crippen LogP contribution in [0.15, 0.2) is 47.4 Å². The Bertz CT molecular complexity index is 1440. The Hall–Kier alpha value is -3.49. The van der Waals surface area contributed by atoms with E-state index in [4.69, 9.17) is 5.14 Å². The summed E-state index contributed by atoms with van der Waals surface area (Å²) in [5.41, 5.74) is 5.36. The van der Waals surface area contributed by atoms with Gasteiger partial charge in [-0.3, -0.25) is 0 Å². The fourth-order valence-electron chi connectivity index (χ4n) is 3.28. The molecular weight excluding hydrogens is 374 g/mol. The largest absolute Gasteiger partial charge is 0.355 e. The van der Waals surface area contributed by atoms with E-state index in [-0.39, 0.29) is 4.90 Å². The van der Waals surface area contributed by atoms with E-state index in [1.54, 1.807) is 24.3 Å². The van der Waals surface area contributed by atoms with Gasteiger partial charge < -0.3 is 9.97 Å². The molecule has 0 aliphatic carbocycles. The molecule has 138 valence electrons. The third kappa shape index (κ3) is 3.04. The molecular formula is C20H15N5O2S. The Balaban J connectivity index is 1.93. The molecule has 0 saturated heterocycles. The summed E-state index contributed by atoms with van der Waals surface area (Å²) in [6.07, 6.45) is 7.22. The quantitative estimate of drug-likeness (QED) is 0.408. The van der Waals surface area contributed by atoms with Gasteiger partial charge in [0.15, 0.2) is 0 Å². The molecule has 2 aliphatic rings. The monoisotopic (exact) mass is 389 g/mol. The number of primary sulfonamides is 1. The molecule has 0 fully saturated rings. The molecule has 4 N–H and O–H groups in total. The summed E-state index contributed by atoms with van der Waals surface area (Å²) in [5.74, 6) is 0. The van der Waals surface area contributed by atoms with Crippen molar-refractivity contribution in [3.05, 3.63) is 65.2 Å². The topological polar surface area (TPSA) is 118 Å². The molecule has 0 radical (unpaired) electrons. The Morgan fingerprint density at radius 1 is 0.714 bits per heavy atom. The van der Waals surface area contributed by atoms with E-state index >= 15 is 0 Å². The Morgan fingerprint density at radius 3 is 1.89 bits per heavy atom. The summed E-state index contributed by atoms with van der Waals surface area (Å²) >= 11 is 0. The van der Waals surface area contributed by atoms with E-state index in [1.165, 1.54) is 0 Å². The van der Waals surface area contributed by atoms with Gasteiger partial charge in [-0.1, -0.05) is 0 Å². The summed E-state index contributed by atoms with van der Waals surface area (Å²) in [4.78, 5) is 15.3. The molecule has 0 aromatic carbocycles. The van der Waals surface area contributed by atoms with Crippen LogP contribution in [0.5, 0.6) is 0 Å². The van der Waals surface area contributed by atoms with Crippen LogP contribution < -0.4 is 5.14 Å². The molecule has 0 unspecified atom stereocenters. The number of sulfonamides is 1. The Labute approximate surface area is 160 Å². The third-order valence-electron chi connectivity index (χ3n) is 4.46. The first-order chi connectivity index (χ1) is 13.4. The molecule has 8 bridgehead atoms. The van der Waals surface area contributed by atoms with Crippen LogP contribution in [0.25, 0.3) is 46.4 Å². The van der Waals surface area contributed by atoms with Crippen LogP contribution in [0.1, 0.15) is 22.8 Å². The van der Waals surface area contributed by atoms with Crippen LogP contribution in [0.4, 0.5) is 0 Å². The summed E-state index contributed by atoms with van der Waals surface area (Å²) in [6.45, 7) is 0. The molecule has 2 aliphatic heterocycles. The Kier molecular flexibility index (Phi) is 3.58. The highest BCUT2D eigenvalue weighted by Crippen LogP contribution is 2.23. The first kappa shape index (κ1) is 16.7. The lowest BCUT2D eigenvalue weighted by molar-refractivity contribution is 0.598. The van der Waals surface area contributed by atoms with Gasteiger partial charge in [0.25, 0.3) is 0 Å². The van der Waals surface area contributed by atoms with Crippen LogP contribution in [0.3, 0.4) is 0 Å². The van der Waals surface area contributed by atoms with E-state index in [1.807, 2.05) is 42.5 Å². The highest BCUT2D eigenvalue weighted by atomic mass is 32.2. The Morgan fingerprint density at radius 2 is 1.25 bits per heavy atom. The second-order valence-corrected chi connectivity index (χ2v) is 8.05. The van der Waals surface area contributed by atoms with Crippen LogP contribution >= 0.6 is 0 Å². The summed E-state index contributed by atoms with van der Waals surface area (Å²) in [7, 11) is -4.00. The van der Waals surface area contributed by atoms with Crippen molar-refractivity contribution in [3.63, 3.8) is 0 Å². The van der Waals surface area contributed by atoms with Crippen LogP contribution in [-0.4, -0.2) is 28.4 Å². The van der Waals surface area contributed by atoms with Crippen LogP contribution in [0.2, 0.25) is 0 Å². The van der Waals surface area contributed by atoms with E-state index in [2.05, 4.69) is 19.9 Å². The summed E-state index contributed by atoms with van der Waals surface area (Å²) < 4.78 is 24.5. The molecule has 7 nitrogen and oxygen atoms in total. The van der Waals surface area contributed by atoms with Gasteiger partial charge in [-0.15, -0.1) is 0 Å². The van der Waals surface area contributed by atoms with E-state index < -0.39 is 10.0 Å². The number of fused-ring (bicyclic) bond motifs is 8. The lowest BCUT2D eigenvalue weighted by Gasteiger charge is -1.99. The number of aromatic nitrogens is 4. The third-order valence-corrected chi connectivity index (χ3v) is 5.45. The maximum Gasteiger partial charge on any atom is 0.242 e. The molecule has 28 heavy (non-hydrogen) atoms. The van der Waals surface area contributed by atoms with Gasteiger partial charge in [0, 0.05) is 16.6 Å².